The van der Waals surface area contributed by atoms with Gasteiger partial charge in [0.15, 0.2) is 5.82 Å². The first-order valence-electron chi connectivity index (χ1n) is 7.00. The molecule has 1 unspecified atom stereocenters. The lowest BCUT2D eigenvalue weighted by Gasteiger charge is -2.21. The quantitative estimate of drug-likeness (QED) is 0.842. The van der Waals surface area contributed by atoms with Crippen LogP contribution in [-0.4, -0.2) is 38.4 Å². The first-order valence-corrected chi connectivity index (χ1v) is 7.00. The molecule has 0 aliphatic carbocycles. The van der Waals surface area contributed by atoms with Crippen LogP contribution in [0.1, 0.15) is 30.8 Å². The highest BCUT2D eigenvalue weighted by Gasteiger charge is 2.17. The standard InChI is InChI=1S/C15H20N4O2/c1-11(2)12(7-10-20)18-15(21)13-5-3-6-14(17-13)19-9-4-8-16-19/h3-6,8-9,11-12,20H,7,10H2,1-2H3,(H,18,21). The number of rotatable bonds is 6. The zero-order valence-electron chi connectivity index (χ0n) is 12.2. The summed E-state index contributed by atoms with van der Waals surface area (Å²) < 4.78 is 1.60. The van der Waals surface area contributed by atoms with Crippen LogP contribution >= 0.6 is 0 Å². The van der Waals surface area contributed by atoms with Crippen LogP contribution in [-0.2, 0) is 0 Å². The highest BCUT2D eigenvalue weighted by atomic mass is 16.3. The maximum absolute atomic E-state index is 12.3. The topological polar surface area (TPSA) is 80.0 Å². The molecule has 0 saturated carbocycles. The fraction of sp³-hybridized carbons (Fsp3) is 0.400. The van der Waals surface area contributed by atoms with Crippen molar-refractivity contribution in [1.82, 2.24) is 20.1 Å². The van der Waals surface area contributed by atoms with Crippen LogP contribution in [0.4, 0.5) is 0 Å². The Hall–Kier alpha value is -2.21. The van der Waals surface area contributed by atoms with Gasteiger partial charge >= 0.3 is 0 Å². The van der Waals surface area contributed by atoms with E-state index >= 15 is 0 Å². The molecule has 0 radical (unpaired) electrons. The second-order valence-corrected chi connectivity index (χ2v) is 5.17. The van der Waals surface area contributed by atoms with Crippen LogP contribution in [0.3, 0.4) is 0 Å². The SMILES string of the molecule is CC(C)C(CCO)NC(=O)c1cccc(-n2cccn2)n1. The molecule has 2 N–H and O–H groups in total. The van der Waals surface area contributed by atoms with E-state index in [-0.39, 0.29) is 24.5 Å². The number of carbonyl (C=O) groups excluding carboxylic acids is 1. The molecule has 6 nitrogen and oxygen atoms in total. The molecule has 1 atom stereocenters. The number of carbonyl (C=O) groups is 1. The van der Waals surface area contributed by atoms with E-state index in [1.165, 1.54) is 0 Å². The average Bonchev–Trinajstić information content (AvgIpc) is 3.01. The number of nitrogens with zero attached hydrogens (tertiary/aromatic N) is 3. The smallest absolute Gasteiger partial charge is 0.270 e. The summed E-state index contributed by atoms with van der Waals surface area (Å²) in [5.74, 6) is 0.599. The van der Waals surface area contributed by atoms with E-state index in [0.29, 0.717) is 17.9 Å². The first kappa shape index (κ1) is 15.2. The molecule has 2 rings (SSSR count). The van der Waals surface area contributed by atoms with Crippen LogP contribution in [0.5, 0.6) is 0 Å². The van der Waals surface area contributed by atoms with Crippen molar-refractivity contribution in [2.45, 2.75) is 26.3 Å². The maximum atomic E-state index is 12.3. The number of amides is 1. The lowest BCUT2D eigenvalue weighted by molar-refractivity contribution is 0.0911. The monoisotopic (exact) mass is 288 g/mol. The van der Waals surface area contributed by atoms with Gasteiger partial charge in [-0.1, -0.05) is 19.9 Å². The van der Waals surface area contributed by atoms with Crippen molar-refractivity contribution < 1.29 is 9.90 Å². The summed E-state index contributed by atoms with van der Waals surface area (Å²) >= 11 is 0. The van der Waals surface area contributed by atoms with Gasteiger partial charge < -0.3 is 10.4 Å². The van der Waals surface area contributed by atoms with Gasteiger partial charge in [-0.3, -0.25) is 4.79 Å². The minimum absolute atomic E-state index is 0.0455. The summed E-state index contributed by atoms with van der Waals surface area (Å²) in [6.07, 6.45) is 3.96. The second-order valence-electron chi connectivity index (χ2n) is 5.17. The Kier molecular flexibility index (Phi) is 5.05. The Morgan fingerprint density at radius 1 is 1.38 bits per heavy atom. The van der Waals surface area contributed by atoms with E-state index in [1.54, 1.807) is 41.3 Å². The fourth-order valence-electron chi connectivity index (χ4n) is 2.04. The molecular weight excluding hydrogens is 268 g/mol. The Labute approximate surface area is 123 Å². The highest BCUT2D eigenvalue weighted by Crippen LogP contribution is 2.08. The molecule has 0 aliphatic rings. The summed E-state index contributed by atoms with van der Waals surface area (Å²) in [5, 5.41) is 16.1. The molecule has 2 aromatic heterocycles. The van der Waals surface area contributed by atoms with Crippen LogP contribution in [0, 0.1) is 5.92 Å². The van der Waals surface area contributed by atoms with Gasteiger partial charge in [-0.05, 0) is 30.5 Å². The number of aliphatic hydroxyl groups excluding tert-OH is 1. The predicted molar refractivity (Wildman–Crippen MR) is 79.2 cm³/mol. The van der Waals surface area contributed by atoms with Gasteiger partial charge in [0.25, 0.3) is 5.91 Å². The van der Waals surface area contributed by atoms with Crippen molar-refractivity contribution in [2.75, 3.05) is 6.61 Å². The second kappa shape index (κ2) is 6.99. The number of aliphatic hydroxyl groups is 1. The highest BCUT2D eigenvalue weighted by molar-refractivity contribution is 5.92. The summed E-state index contributed by atoms with van der Waals surface area (Å²) in [6, 6.07) is 6.95. The number of hydrogen-bond donors (Lipinski definition) is 2. The van der Waals surface area contributed by atoms with Crippen LogP contribution < -0.4 is 5.32 Å². The third-order valence-electron chi connectivity index (χ3n) is 3.27. The third-order valence-corrected chi connectivity index (χ3v) is 3.27. The van der Waals surface area contributed by atoms with Gasteiger partial charge in [-0.25, -0.2) is 9.67 Å². The first-order chi connectivity index (χ1) is 10.1. The van der Waals surface area contributed by atoms with Gasteiger partial charge in [0, 0.05) is 25.0 Å². The van der Waals surface area contributed by atoms with E-state index < -0.39 is 0 Å². The summed E-state index contributed by atoms with van der Waals surface area (Å²) in [4.78, 5) is 16.6. The van der Waals surface area contributed by atoms with Crippen LogP contribution in [0.25, 0.3) is 5.82 Å². The van der Waals surface area contributed by atoms with Gasteiger partial charge in [0.1, 0.15) is 5.69 Å². The summed E-state index contributed by atoms with van der Waals surface area (Å²) in [5.41, 5.74) is 0.339. The molecule has 112 valence electrons. The molecule has 21 heavy (non-hydrogen) atoms. The Morgan fingerprint density at radius 2 is 2.19 bits per heavy atom. The molecule has 0 aromatic carbocycles. The number of hydrogen-bond acceptors (Lipinski definition) is 4. The molecule has 0 spiro atoms. The predicted octanol–water partition coefficient (Wildman–Crippen LogP) is 1.40. The maximum Gasteiger partial charge on any atom is 0.270 e. The van der Waals surface area contributed by atoms with E-state index in [2.05, 4.69) is 15.4 Å². The Morgan fingerprint density at radius 3 is 2.81 bits per heavy atom. The van der Waals surface area contributed by atoms with E-state index in [1.807, 2.05) is 13.8 Å². The number of nitrogens with one attached hydrogen (secondary N) is 1. The Bertz CT molecular complexity index is 581. The minimum Gasteiger partial charge on any atom is -0.396 e. The normalized spacial score (nSPS) is 12.4. The molecule has 2 heterocycles. The van der Waals surface area contributed by atoms with Crippen molar-refractivity contribution >= 4 is 5.91 Å². The van der Waals surface area contributed by atoms with Crippen LogP contribution in [0.2, 0.25) is 0 Å². The molecule has 2 aromatic rings. The average molecular weight is 288 g/mol. The minimum atomic E-state index is -0.240. The van der Waals surface area contributed by atoms with Crippen molar-refractivity contribution in [2.24, 2.45) is 5.92 Å². The molecular formula is C15H20N4O2. The molecule has 0 saturated heterocycles. The summed E-state index contributed by atoms with van der Waals surface area (Å²) in [7, 11) is 0. The van der Waals surface area contributed by atoms with Gasteiger partial charge in [0.05, 0.1) is 0 Å². The fourth-order valence-corrected chi connectivity index (χ4v) is 2.04. The molecule has 0 aliphatic heterocycles. The van der Waals surface area contributed by atoms with E-state index in [0.717, 1.165) is 0 Å². The van der Waals surface area contributed by atoms with Crippen molar-refractivity contribution in [3.05, 3.63) is 42.4 Å². The molecule has 0 fully saturated rings. The lowest BCUT2D eigenvalue weighted by atomic mass is 10.0. The molecule has 1 amide bonds. The van der Waals surface area contributed by atoms with Crippen LogP contribution in [0.15, 0.2) is 36.7 Å². The van der Waals surface area contributed by atoms with Gasteiger partial charge in [-0.2, -0.15) is 5.10 Å². The zero-order chi connectivity index (χ0) is 15.2. The zero-order valence-corrected chi connectivity index (χ0v) is 12.2. The van der Waals surface area contributed by atoms with E-state index in [9.17, 15) is 4.79 Å². The van der Waals surface area contributed by atoms with Gasteiger partial charge in [0.2, 0.25) is 0 Å². The number of pyridine rings is 1. The van der Waals surface area contributed by atoms with Crippen molar-refractivity contribution in [3.63, 3.8) is 0 Å². The molecule has 0 bridgehead atoms. The number of aromatic nitrogens is 3. The lowest BCUT2D eigenvalue weighted by Crippen LogP contribution is -2.39. The Balaban J connectivity index is 2.14. The summed E-state index contributed by atoms with van der Waals surface area (Å²) in [6.45, 7) is 4.06. The van der Waals surface area contributed by atoms with Crippen molar-refractivity contribution in [1.29, 1.82) is 0 Å². The molecule has 6 heteroatoms. The largest absolute Gasteiger partial charge is 0.396 e. The van der Waals surface area contributed by atoms with E-state index in [4.69, 9.17) is 5.11 Å². The van der Waals surface area contributed by atoms with Crippen molar-refractivity contribution in [3.8, 4) is 5.82 Å². The third kappa shape index (κ3) is 3.88. The van der Waals surface area contributed by atoms with Gasteiger partial charge in [-0.15, -0.1) is 0 Å².